The van der Waals surface area contributed by atoms with E-state index in [2.05, 4.69) is 19.9 Å². The predicted molar refractivity (Wildman–Crippen MR) is 99.0 cm³/mol. The molecule has 0 saturated carbocycles. The van der Waals surface area contributed by atoms with Crippen molar-refractivity contribution in [2.75, 3.05) is 13.2 Å². The van der Waals surface area contributed by atoms with E-state index < -0.39 is 0 Å². The van der Waals surface area contributed by atoms with Crippen molar-refractivity contribution in [3.8, 4) is 11.3 Å². The summed E-state index contributed by atoms with van der Waals surface area (Å²) < 4.78 is 7.25. The molecule has 0 N–H and O–H groups in total. The fourth-order valence-electron chi connectivity index (χ4n) is 3.26. The van der Waals surface area contributed by atoms with Crippen LogP contribution in [0.2, 0.25) is 0 Å². The third-order valence-electron chi connectivity index (χ3n) is 4.71. The van der Waals surface area contributed by atoms with E-state index in [0.717, 1.165) is 48.7 Å². The number of ether oxygens (including phenoxy) is 1. The fourth-order valence-corrected chi connectivity index (χ4v) is 3.26. The van der Waals surface area contributed by atoms with Gasteiger partial charge in [-0.25, -0.2) is 4.98 Å². The molecule has 0 bridgehead atoms. The van der Waals surface area contributed by atoms with Gasteiger partial charge in [0.25, 0.3) is 0 Å². The van der Waals surface area contributed by atoms with E-state index >= 15 is 0 Å². The summed E-state index contributed by atoms with van der Waals surface area (Å²) in [4.78, 5) is 29.6. The molecule has 1 aliphatic heterocycles. The number of hydrogen-bond donors (Lipinski definition) is 0. The molecule has 3 aromatic heterocycles. The number of aromatic nitrogens is 5. The van der Waals surface area contributed by atoms with Gasteiger partial charge >= 0.3 is 0 Å². The second kappa shape index (κ2) is 8.18. The Kier molecular flexibility index (Phi) is 5.29. The van der Waals surface area contributed by atoms with E-state index in [1.54, 1.807) is 31.1 Å². The first-order valence-electron chi connectivity index (χ1n) is 9.10. The van der Waals surface area contributed by atoms with Crippen LogP contribution in [0.3, 0.4) is 0 Å². The van der Waals surface area contributed by atoms with Gasteiger partial charge in [-0.15, -0.1) is 0 Å². The molecule has 7 nitrogen and oxygen atoms in total. The number of hydrogen-bond acceptors (Lipinski definition) is 6. The van der Waals surface area contributed by atoms with Crippen molar-refractivity contribution in [1.29, 1.82) is 0 Å². The Morgan fingerprint density at radius 2 is 2.00 bits per heavy atom. The zero-order chi connectivity index (χ0) is 18.5. The Morgan fingerprint density at radius 1 is 1.11 bits per heavy atom. The van der Waals surface area contributed by atoms with Crippen LogP contribution in [-0.4, -0.2) is 43.5 Å². The van der Waals surface area contributed by atoms with Crippen LogP contribution in [0.5, 0.6) is 0 Å². The van der Waals surface area contributed by atoms with Crippen LogP contribution < -0.4 is 0 Å². The topological polar surface area (TPSA) is 82.8 Å². The Morgan fingerprint density at radius 3 is 2.74 bits per heavy atom. The molecule has 1 fully saturated rings. The number of pyridine rings is 1. The van der Waals surface area contributed by atoms with Crippen molar-refractivity contribution in [2.24, 2.45) is 0 Å². The maximum Gasteiger partial charge on any atom is 0.158 e. The molecule has 4 rings (SSSR count). The van der Waals surface area contributed by atoms with Gasteiger partial charge in [-0.05, 0) is 25.0 Å². The summed E-state index contributed by atoms with van der Waals surface area (Å²) in [5.74, 6) is 0.538. The van der Waals surface area contributed by atoms with Crippen molar-refractivity contribution in [2.45, 2.75) is 31.7 Å². The molecule has 0 atom stereocenters. The minimum absolute atomic E-state index is 0.102. The highest BCUT2D eigenvalue weighted by molar-refractivity contribution is 5.80. The lowest BCUT2D eigenvalue weighted by Crippen LogP contribution is -2.14. The maximum atomic E-state index is 12.4. The quantitative estimate of drug-likeness (QED) is 0.669. The summed E-state index contributed by atoms with van der Waals surface area (Å²) in [6, 6.07) is 3.78. The summed E-state index contributed by atoms with van der Waals surface area (Å²) in [5, 5.41) is 0. The van der Waals surface area contributed by atoms with E-state index in [1.807, 2.05) is 22.9 Å². The summed E-state index contributed by atoms with van der Waals surface area (Å²) in [5.41, 5.74) is 3.45. The molecule has 138 valence electrons. The molecule has 4 heterocycles. The number of carbonyl (C=O) groups is 1. The van der Waals surface area contributed by atoms with E-state index in [1.165, 1.54) is 0 Å². The molecule has 0 spiro atoms. The summed E-state index contributed by atoms with van der Waals surface area (Å²) in [6.07, 6.45) is 12.7. The second-order valence-corrected chi connectivity index (χ2v) is 6.70. The fraction of sp³-hybridized carbons (Fsp3) is 0.350. The average Bonchev–Trinajstić information content (AvgIpc) is 3.18. The van der Waals surface area contributed by atoms with Gasteiger partial charge in [0.2, 0.25) is 0 Å². The number of rotatable bonds is 6. The first kappa shape index (κ1) is 17.5. The molecule has 0 aliphatic carbocycles. The summed E-state index contributed by atoms with van der Waals surface area (Å²) in [6.45, 7) is 1.88. The van der Waals surface area contributed by atoms with E-state index in [4.69, 9.17) is 4.74 Å². The normalized spacial score (nSPS) is 15.0. The van der Waals surface area contributed by atoms with Crippen LogP contribution in [0.1, 0.15) is 30.1 Å². The van der Waals surface area contributed by atoms with Crippen LogP contribution in [0.4, 0.5) is 0 Å². The zero-order valence-electron chi connectivity index (χ0n) is 15.0. The predicted octanol–water partition coefficient (Wildman–Crippen LogP) is 2.44. The monoisotopic (exact) mass is 363 g/mol. The Hall–Kier alpha value is -2.93. The highest BCUT2D eigenvalue weighted by Crippen LogP contribution is 2.25. The van der Waals surface area contributed by atoms with Crippen molar-refractivity contribution in [1.82, 2.24) is 24.5 Å². The zero-order valence-corrected chi connectivity index (χ0v) is 15.0. The molecule has 0 aromatic carbocycles. The van der Waals surface area contributed by atoms with E-state index in [-0.39, 0.29) is 5.78 Å². The molecule has 1 saturated heterocycles. The van der Waals surface area contributed by atoms with Crippen LogP contribution in [-0.2, 0) is 22.5 Å². The average molecular weight is 363 g/mol. The smallest absolute Gasteiger partial charge is 0.158 e. The van der Waals surface area contributed by atoms with Gasteiger partial charge < -0.3 is 9.30 Å². The second-order valence-electron chi connectivity index (χ2n) is 6.70. The molecule has 0 amide bonds. The van der Waals surface area contributed by atoms with Crippen LogP contribution in [0.25, 0.3) is 11.3 Å². The number of ketones is 1. The lowest BCUT2D eigenvalue weighted by atomic mass is 9.97. The molecular formula is C20H21N5O2. The molecule has 1 aliphatic rings. The van der Waals surface area contributed by atoms with Gasteiger partial charge in [0.1, 0.15) is 0 Å². The van der Waals surface area contributed by atoms with Gasteiger partial charge in [-0.2, -0.15) is 0 Å². The molecular weight excluding hydrogens is 342 g/mol. The van der Waals surface area contributed by atoms with Crippen LogP contribution in [0, 0.1) is 0 Å². The number of imidazole rings is 1. The van der Waals surface area contributed by atoms with E-state index in [9.17, 15) is 4.79 Å². The van der Waals surface area contributed by atoms with Crippen molar-refractivity contribution in [3.63, 3.8) is 0 Å². The van der Waals surface area contributed by atoms with Gasteiger partial charge in [0.05, 0.1) is 36.9 Å². The largest absolute Gasteiger partial charge is 0.381 e. The molecule has 0 radical (unpaired) electrons. The number of carbonyl (C=O) groups excluding carboxylic acids is 1. The first-order valence-corrected chi connectivity index (χ1v) is 9.10. The number of nitrogens with zero attached hydrogens (tertiary/aromatic N) is 5. The van der Waals surface area contributed by atoms with Gasteiger partial charge in [0.15, 0.2) is 5.78 Å². The lowest BCUT2D eigenvalue weighted by molar-refractivity contribution is -0.119. The van der Waals surface area contributed by atoms with Crippen LogP contribution >= 0.6 is 0 Å². The Bertz CT molecular complexity index is 886. The molecule has 27 heavy (non-hydrogen) atoms. The maximum absolute atomic E-state index is 12.4. The first-order chi connectivity index (χ1) is 13.3. The molecule has 3 aromatic rings. The molecule has 0 unspecified atom stereocenters. The Balaban J connectivity index is 1.35. The summed E-state index contributed by atoms with van der Waals surface area (Å²) >= 11 is 0. The number of Topliss-reactive ketones (excluding diaryl/α,β-unsaturated/α-hetero) is 1. The third-order valence-corrected chi connectivity index (χ3v) is 4.71. The lowest BCUT2D eigenvalue weighted by Gasteiger charge is -2.19. The Labute approximate surface area is 157 Å². The van der Waals surface area contributed by atoms with E-state index in [0.29, 0.717) is 18.9 Å². The minimum Gasteiger partial charge on any atom is -0.381 e. The highest BCUT2D eigenvalue weighted by atomic mass is 16.5. The SMILES string of the molecule is O=C(Cc1ccc(-c2cnccn2)cn1)Cn1cnc(C2CCOCC2)c1. The van der Waals surface area contributed by atoms with Crippen molar-refractivity contribution < 1.29 is 9.53 Å². The van der Waals surface area contributed by atoms with Gasteiger partial charge in [0, 0.05) is 55.2 Å². The van der Waals surface area contributed by atoms with Crippen molar-refractivity contribution in [3.05, 3.63) is 60.8 Å². The third kappa shape index (κ3) is 4.43. The summed E-state index contributed by atoms with van der Waals surface area (Å²) in [7, 11) is 0. The van der Waals surface area contributed by atoms with Crippen molar-refractivity contribution >= 4 is 5.78 Å². The minimum atomic E-state index is 0.102. The van der Waals surface area contributed by atoms with Crippen LogP contribution in [0.15, 0.2) is 49.4 Å². The van der Waals surface area contributed by atoms with Gasteiger partial charge in [-0.3, -0.25) is 19.7 Å². The molecule has 7 heteroatoms. The van der Waals surface area contributed by atoms with Gasteiger partial charge in [-0.1, -0.05) is 0 Å². The highest BCUT2D eigenvalue weighted by Gasteiger charge is 2.18. The standard InChI is InChI=1S/C20H21N5O2/c26-18(12-25-13-20(24-14-25)15-3-7-27-8-4-15)9-17-2-1-16(10-23-17)19-11-21-5-6-22-19/h1-2,5-6,10-11,13-15H,3-4,7-9,12H2.